The van der Waals surface area contributed by atoms with Gasteiger partial charge in [0.2, 0.25) is 0 Å². The van der Waals surface area contributed by atoms with Gasteiger partial charge in [-0.25, -0.2) is 0 Å². The van der Waals surface area contributed by atoms with Crippen molar-refractivity contribution in [2.24, 2.45) is 5.41 Å². The van der Waals surface area contributed by atoms with Gasteiger partial charge in [0.25, 0.3) is 0 Å². The van der Waals surface area contributed by atoms with Gasteiger partial charge in [0.05, 0.1) is 18.6 Å². The van der Waals surface area contributed by atoms with Crippen LogP contribution in [0.15, 0.2) is 22.7 Å². The van der Waals surface area contributed by atoms with Gasteiger partial charge in [0.1, 0.15) is 0 Å². The van der Waals surface area contributed by atoms with Crippen LogP contribution in [0.1, 0.15) is 5.56 Å². The van der Waals surface area contributed by atoms with E-state index in [0.29, 0.717) is 5.41 Å². The molecule has 2 heterocycles. The Morgan fingerprint density at radius 3 is 2.61 bits per heavy atom. The van der Waals surface area contributed by atoms with Crippen molar-refractivity contribution in [3.8, 4) is 0 Å². The highest BCUT2D eigenvalue weighted by Gasteiger charge is 2.49. The number of nitrogens with zero attached hydrogens (tertiary/aromatic N) is 2. The van der Waals surface area contributed by atoms with Crippen molar-refractivity contribution in [1.82, 2.24) is 4.90 Å². The first-order valence-electron chi connectivity index (χ1n) is 6.34. The van der Waals surface area contributed by atoms with Crippen molar-refractivity contribution in [1.29, 1.82) is 0 Å². The molecule has 0 atom stereocenters. The summed E-state index contributed by atoms with van der Waals surface area (Å²) in [4.78, 5) is 4.70. The monoisotopic (exact) mass is 310 g/mol. The van der Waals surface area contributed by atoms with Crippen LogP contribution in [0.25, 0.3) is 0 Å². The van der Waals surface area contributed by atoms with E-state index < -0.39 is 0 Å². The van der Waals surface area contributed by atoms with Crippen LogP contribution >= 0.6 is 15.9 Å². The van der Waals surface area contributed by atoms with Gasteiger partial charge in [0, 0.05) is 29.8 Å². The van der Waals surface area contributed by atoms with Crippen LogP contribution in [0.4, 0.5) is 5.69 Å². The Morgan fingerprint density at radius 1 is 1.33 bits per heavy atom. The third-order valence-electron chi connectivity index (χ3n) is 3.74. The molecule has 0 amide bonds. The first-order chi connectivity index (χ1) is 8.58. The minimum Gasteiger partial charge on any atom is -0.380 e. The third kappa shape index (κ3) is 2.17. The molecule has 0 N–H and O–H groups in total. The molecule has 2 saturated heterocycles. The van der Waals surface area contributed by atoms with Gasteiger partial charge < -0.3 is 14.5 Å². The van der Waals surface area contributed by atoms with Crippen LogP contribution < -0.4 is 4.90 Å². The number of halogens is 1. The summed E-state index contributed by atoms with van der Waals surface area (Å²) in [5.74, 6) is 0. The fourth-order valence-electron chi connectivity index (χ4n) is 2.84. The lowest BCUT2D eigenvalue weighted by Crippen LogP contribution is -2.66. The van der Waals surface area contributed by atoms with Gasteiger partial charge >= 0.3 is 0 Å². The number of hydrogen-bond donors (Lipinski definition) is 0. The molecule has 2 aliphatic heterocycles. The first kappa shape index (κ1) is 12.5. The minimum atomic E-state index is 0.475. The van der Waals surface area contributed by atoms with E-state index in [1.165, 1.54) is 11.3 Å². The number of anilines is 1. The van der Waals surface area contributed by atoms with Crippen molar-refractivity contribution < 1.29 is 4.74 Å². The summed E-state index contributed by atoms with van der Waals surface area (Å²) < 4.78 is 6.49. The Balaban J connectivity index is 1.78. The molecule has 0 aliphatic carbocycles. The first-order valence-corrected chi connectivity index (χ1v) is 7.13. The zero-order valence-corrected chi connectivity index (χ0v) is 12.5. The maximum atomic E-state index is 5.34. The summed E-state index contributed by atoms with van der Waals surface area (Å²) in [6.45, 7) is 5.17. The van der Waals surface area contributed by atoms with Crippen LogP contribution in [0.3, 0.4) is 0 Å². The maximum absolute atomic E-state index is 5.34. The Kier molecular flexibility index (Phi) is 3.12. The van der Waals surface area contributed by atoms with E-state index in [1.807, 2.05) is 0 Å². The zero-order valence-electron chi connectivity index (χ0n) is 10.9. The highest BCUT2D eigenvalue weighted by Crippen LogP contribution is 2.41. The second-order valence-corrected chi connectivity index (χ2v) is 6.78. The average Bonchev–Trinajstić information content (AvgIpc) is 2.15. The molecule has 0 saturated carbocycles. The quantitative estimate of drug-likeness (QED) is 0.852. The normalized spacial score (nSPS) is 21.0. The summed E-state index contributed by atoms with van der Waals surface area (Å²) in [5, 5.41) is 0. The predicted octanol–water partition coefficient (Wildman–Crippen LogP) is 2.35. The molecule has 3 nitrogen and oxygen atoms in total. The van der Waals surface area contributed by atoms with E-state index in [-0.39, 0.29) is 0 Å². The maximum Gasteiger partial charge on any atom is 0.0579 e. The SMILES string of the molecule is CN(C)Cc1cc(Br)ccc1N1CC2(COC2)C1. The summed E-state index contributed by atoms with van der Waals surface area (Å²) in [6.07, 6.45) is 0. The number of ether oxygens (including phenoxy) is 1. The lowest BCUT2D eigenvalue weighted by Gasteiger charge is -2.56. The zero-order chi connectivity index (χ0) is 12.8. The second kappa shape index (κ2) is 4.51. The molecule has 0 aromatic heterocycles. The van der Waals surface area contributed by atoms with Gasteiger partial charge in [-0.15, -0.1) is 0 Å². The third-order valence-corrected chi connectivity index (χ3v) is 4.23. The molecule has 18 heavy (non-hydrogen) atoms. The van der Waals surface area contributed by atoms with Gasteiger partial charge in [-0.1, -0.05) is 15.9 Å². The minimum absolute atomic E-state index is 0.475. The lowest BCUT2D eigenvalue weighted by atomic mass is 9.77. The topological polar surface area (TPSA) is 15.7 Å². The molecule has 1 aromatic carbocycles. The number of benzene rings is 1. The van der Waals surface area contributed by atoms with Crippen LogP contribution in [-0.4, -0.2) is 45.3 Å². The Labute approximate surface area is 117 Å². The van der Waals surface area contributed by atoms with Gasteiger partial charge in [-0.2, -0.15) is 0 Å². The molecule has 2 aliphatic rings. The van der Waals surface area contributed by atoms with Crippen molar-refractivity contribution in [3.05, 3.63) is 28.2 Å². The second-order valence-electron chi connectivity index (χ2n) is 5.86. The molecule has 0 radical (unpaired) electrons. The molecule has 4 heteroatoms. The van der Waals surface area contributed by atoms with E-state index in [9.17, 15) is 0 Å². The Morgan fingerprint density at radius 2 is 2.06 bits per heavy atom. The van der Waals surface area contributed by atoms with Crippen LogP contribution in [-0.2, 0) is 11.3 Å². The molecule has 98 valence electrons. The summed E-state index contributed by atoms with van der Waals surface area (Å²) in [5.41, 5.74) is 3.25. The standard InChI is InChI=1S/C14H19BrN2O/c1-16(2)6-11-5-12(15)3-4-13(11)17-7-14(8-17)9-18-10-14/h3-5H,6-10H2,1-2H3. The lowest BCUT2D eigenvalue weighted by molar-refractivity contribution is -0.127. The van der Waals surface area contributed by atoms with Gasteiger partial charge in [-0.05, 0) is 37.9 Å². The van der Waals surface area contributed by atoms with Crippen LogP contribution in [0.2, 0.25) is 0 Å². The largest absolute Gasteiger partial charge is 0.380 e. The van der Waals surface area contributed by atoms with Crippen molar-refractivity contribution >= 4 is 21.6 Å². The van der Waals surface area contributed by atoms with Crippen LogP contribution in [0.5, 0.6) is 0 Å². The molecule has 1 spiro atoms. The average molecular weight is 311 g/mol. The van der Waals surface area contributed by atoms with Crippen molar-refractivity contribution in [2.75, 3.05) is 45.3 Å². The number of hydrogen-bond acceptors (Lipinski definition) is 3. The van der Waals surface area contributed by atoms with Crippen molar-refractivity contribution in [3.63, 3.8) is 0 Å². The van der Waals surface area contributed by atoms with Crippen LogP contribution in [0, 0.1) is 5.41 Å². The fraction of sp³-hybridized carbons (Fsp3) is 0.571. The van der Waals surface area contributed by atoms with E-state index in [2.05, 4.69) is 58.0 Å². The van der Waals surface area contributed by atoms with Crippen molar-refractivity contribution in [2.45, 2.75) is 6.54 Å². The van der Waals surface area contributed by atoms with Gasteiger partial charge in [-0.3, -0.25) is 0 Å². The summed E-state index contributed by atoms with van der Waals surface area (Å²) in [7, 11) is 4.23. The fourth-order valence-corrected chi connectivity index (χ4v) is 3.25. The highest BCUT2D eigenvalue weighted by molar-refractivity contribution is 9.10. The molecule has 3 rings (SSSR count). The molecule has 0 bridgehead atoms. The molecule has 1 aromatic rings. The Hall–Kier alpha value is -0.580. The molecular formula is C14H19BrN2O. The molecule has 2 fully saturated rings. The van der Waals surface area contributed by atoms with E-state index in [1.54, 1.807) is 0 Å². The van der Waals surface area contributed by atoms with Gasteiger partial charge in [0.15, 0.2) is 0 Å². The molecular weight excluding hydrogens is 292 g/mol. The van der Waals surface area contributed by atoms with E-state index in [0.717, 1.165) is 37.3 Å². The number of rotatable bonds is 3. The molecule has 0 unspecified atom stereocenters. The summed E-state index contributed by atoms with van der Waals surface area (Å²) >= 11 is 3.57. The predicted molar refractivity (Wildman–Crippen MR) is 77.0 cm³/mol. The Bertz CT molecular complexity index is 449. The smallest absolute Gasteiger partial charge is 0.0579 e. The van der Waals surface area contributed by atoms with E-state index in [4.69, 9.17) is 4.74 Å². The summed E-state index contributed by atoms with van der Waals surface area (Å²) in [6, 6.07) is 6.60. The van der Waals surface area contributed by atoms with E-state index >= 15 is 0 Å². The highest BCUT2D eigenvalue weighted by atomic mass is 79.9.